The Morgan fingerprint density at radius 2 is 1.15 bits per heavy atom. The summed E-state index contributed by atoms with van der Waals surface area (Å²) in [5, 5.41) is 0. The third-order valence-electron chi connectivity index (χ3n) is 3.95. The summed E-state index contributed by atoms with van der Waals surface area (Å²) in [4.78, 5) is 0. The third kappa shape index (κ3) is 1.86. The number of hydrogen-bond donors (Lipinski definition) is 0. The Hall–Kier alpha value is -2.00. The molecule has 2 aromatic rings. The van der Waals surface area contributed by atoms with Gasteiger partial charge in [0.25, 0.3) is 0 Å². The van der Waals surface area contributed by atoms with Crippen LogP contribution in [0.5, 0.6) is 11.5 Å². The fraction of sp³-hybridized carbons (Fsp3) is 0.294. The van der Waals surface area contributed by atoms with Crippen molar-refractivity contribution < 1.29 is 14.2 Å². The van der Waals surface area contributed by atoms with Gasteiger partial charge >= 0.3 is 0 Å². The van der Waals surface area contributed by atoms with Crippen LogP contribution in [0, 0.1) is 5.41 Å². The van der Waals surface area contributed by atoms with Crippen molar-refractivity contribution in [3.8, 4) is 22.6 Å². The Kier molecular flexibility index (Phi) is 2.67. The van der Waals surface area contributed by atoms with Gasteiger partial charge in [-0.3, -0.25) is 0 Å². The molecule has 0 bridgehead atoms. The Balaban J connectivity index is 1.83. The predicted molar refractivity (Wildman–Crippen MR) is 76.1 cm³/mol. The Bertz CT molecular complexity index is 580. The van der Waals surface area contributed by atoms with E-state index in [1.165, 1.54) is 0 Å². The summed E-state index contributed by atoms with van der Waals surface area (Å²) in [5.41, 5.74) is 2.16. The van der Waals surface area contributed by atoms with Gasteiger partial charge in [-0.1, -0.05) is 36.4 Å². The molecule has 0 radical (unpaired) electrons. The SMILES string of the molecule is c1ccc2c(c1)OCC1(COC1)COc1ccccc1-2. The topological polar surface area (TPSA) is 27.7 Å². The molecule has 1 fully saturated rings. The van der Waals surface area contributed by atoms with Gasteiger partial charge in [-0.05, 0) is 12.1 Å². The highest BCUT2D eigenvalue weighted by Crippen LogP contribution is 2.40. The van der Waals surface area contributed by atoms with Gasteiger partial charge in [0.2, 0.25) is 0 Å². The molecule has 0 saturated carbocycles. The largest absolute Gasteiger partial charge is 0.492 e. The van der Waals surface area contributed by atoms with E-state index in [1.807, 2.05) is 36.4 Å². The Labute approximate surface area is 118 Å². The molecular weight excluding hydrogens is 252 g/mol. The molecule has 4 rings (SSSR count). The summed E-state index contributed by atoms with van der Waals surface area (Å²) in [6, 6.07) is 16.3. The molecule has 0 amide bonds. The van der Waals surface area contributed by atoms with E-state index in [2.05, 4.69) is 12.1 Å². The zero-order valence-corrected chi connectivity index (χ0v) is 11.2. The van der Waals surface area contributed by atoms with Gasteiger partial charge in [-0.25, -0.2) is 0 Å². The first-order valence-corrected chi connectivity index (χ1v) is 6.88. The highest BCUT2D eigenvalue weighted by atomic mass is 16.5. The van der Waals surface area contributed by atoms with E-state index in [-0.39, 0.29) is 5.41 Å². The molecule has 2 heterocycles. The highest BCUT2D eigenvalue weighted by Gasteiger charge is 2.41. The lowest BCUT2D eigenvalue weighted by Crippen LogP contribution is -2.51. The van der Waals surface area contributed by atoms with Crippen LogP contribution >= 0.6 is 0 Å². The van der Waals surface area contributed by atoms with Crippen molar-refractivity contribution in [3.05, 3.63) is 48.5 Å². The zero-order chi connectivity index (χ0) is 13.4. The van der Waals surface area contributed by atoms with Crippen molar-refractivity contribution in [2.75, 3.05) is 26.4 Å². The van der Waals surface area contributed by atoms with Crippen LogP contribution in [0.4, 0.5) is 0 Å². The summed E-state index contributed by atoms with van der Waals surface area (Å²) in [5.74, 6) is 1.83. The fourth-order valence-electron chi connectivity index (χ4n) is 2.69. The van der Waals surface area contributed by atoms with Gasteiger partial charge in [-0.2, -0.15) is 0 Å². The van der Waals surface area contributed by atoms with Gasteiger partial charge in [0.15, 0.2) is 0 Å². The van der Waals surface area contributed by atoms with E-state index < -0.39 is 0 Å². The van der Waals surface area contributed by atoms with Crippen LogP contribution in [-0.2, 0) is 4.74 Å². The first-order chi connectivity index (χ1) is 9.86. The van der Waals surface area contributed by atoms with E-state index in [1.54, 1.807) is 0 Å². The maximum atomic E-state index is 6.06. The van der Waals surface area contributed by atoms with Gasteiger partial charge in [0, 0.05) is 11.1 Å². The monoisotopic (exact) mass is 268 g/mol. The average molecular weight is 268 g/mol. The van der Waals surface area contributed by atoms with Gasteiger partial charge in [-0.15, -0.1) is 0 Å². The van der Waals surface area contributed by atoms with Gasteiger partial charge < -0.3 is 14.2 Å². The molecule has 0 aromatic heterocycles. The zero-order valence-electron chi connectivity index (χ0n) is 11.2. The molecule has 0 N–H and O–H groups in total. The molecule has 0 atom stereocenters. The van der Waals surface area contributed by atoms with Crippen LogP contribution in [0.1, 0.15) is 0 Å². The van der Waals surface area contributed by atoms with Crippen molar-refractivity contribution in [2.45, 2.75) is 0 Å². The minimum atomic E-state index is -0.00936. The van der Waals surface area contributed by atoms with E-state index in [0.29, 0.717) is 26.4 Å². The van der Waals surface area contributed by atoms with E-state index in [4.69, 9.17) is 14.2 Å². The summed E-state index contributed by atoms with van der Waals surface area (Å²) >= 11 is 0. The second-order valence-corrected chi connectivity index (χ2v) is 5.56. The van der Waals surface area contributed by atoms with E-state index >= 15 is 0 Å². The summed E-state index contributed by atoms with van der Waals surface area (Å²) < 4.78 is 17.5. The van der Waals surface area contributed by atoms with Crippen molar-refractivity contribution in [1.29, 1.82) is 0 Å². The minimum Gasteiger partial charge on any atom is -0.492 e. The van der Waals surface area contributed by atoms with Crippen molar-refractivity contribution >= 4 is 0 Å². The second kappa shape index (κ2) is 4.53. The quantitative estimate of drug-likeness (QED) is 0.734. The lowest BCUT2D eigenvalue weighted by atomic mass is 9.88. The molecule has 20 heavy (non-hydrogen) atoms. The van der Waals surface area contributed by atoms with Crippen molar-refractivity contribution in [1.82, 2.24) is 0 Å². The van der Waals surface area contributed by atoms with Crippen LogP contribution in [0.3, 0.4) is 0 Å². The molecule has 3 nitrogen and oxygen atoms in total. The third-order valence-corrected chi connectivity index (χ3v) is 3.95. The van der Waals surface area contributed by atoms with Crippen molar-refractivity contribution in [2.24, 2.45) is 5.41 Å². The maximum absolute atomic E-state index is 6.06. The maximum Gasteiger partial charge on any atom is 0.127 e. The summed E-state index contributed by atoms with van der Waals surface area (Å²) in [6.07, 6.45) is 0. The number of rotatable bonds is 0. The van der Waals surface area contributed by atoms with Crippen LogP contribution in [0.25, 0.3) is 11.1 Å². The standard InChI is InChI=1S/C17H16O3/c1-3-7-15-13(5-1)14-6-2-4-8-16(14)20-12-17(11-19-15)9-18-10-17/h1-8H,9-12H2. The number of hydrogen-bond acceptors (Lipinski definition) is 3. The Morgan fingerprint density at radius 3 is 1.60 bits per heavy atom. The summed E-state index contributed by atoms with van der Waals surface area (Å²) in [6.45, 7) is 2.69. The van der Waals surface area contributed by atoms with Crippen LogP contribution in [0.15, 0.2) is 48.5 Å². The molecule has 2 aliphatic heterocycles. The molecule has 0 aliphatic carbocycles. The predicted octanol–water partition coefficient (Wildman–Crippen LogP) is 3.14. The van der Waals surface area contributed by atoms with Gasteiger partial charge in [0.05, 0.1) is 18.6 Å². The molecule has 0 unspecified atom stereocenters. The van der Waals surface area contributed by atoms with Gasteiger partial charge in [0.1, 0.15) is 24.7 Å². The molecule has 3 heteroatoms. The average Bonchev–Trinajstić information content (AvgIpc) is 2.53. The lowest BCUT2D eigenvalue weighted by molar-refractivity contribution is -0.148. The molecule has 2 aromatic carbocycles. The summed E-state index contributed by atoms with van der Waals surface area (Å²) in [7, 11) is 0. The van der Waals surface area contributed by atoms with Crippen LogP contribution < -0.4 is 9.47 Å². The molecule has 2 aliphatic rings. The first-order valence-electron chi connectivity index (χ1n) is 6.88. The number of ether oxygens (including phenoxy) is 3. The van der Waals surface area contributed by atoms with E-state index in [0.717, 1.165) is 22.6 Å². The fourth-order valence-corrected chi connectivity index (χ4v) is 2.69. The van der Waals surface area contributed by atoms with Crippen LogP contribution in [-0.4, -0.2) is 26.4 Å². The number of fused-ring (bicyclic) bond motifs is 3. The molecule has 1 spiro atoms. The van der Waals surface area contributed by atoms with Crippen LogP contribution in [0.2, 0.25) is 0 Å². The minimum absolute atomic E-state index is 0.00936. The molecule has 1 saturated heterocycles. The first kappa shape index (κ1) is 11.8. The normalized spacial score (nSPS) is 19.2. The molecule has 102 valence electrons. The van der Waals surface area contributed by atoms with Crippen molar-refractivity contribution in [3.63, 3.8) is 0 Å². The second-order valence-electron chi connectivity index (χ2n) is 5.56. The highest BCUT2D eigenvalue weighted by molar-refractivity contribution is 5.75. The smallest absolute Gasteiger partial charge is 0.127 e. The molecular formula is C17H16O3. The van der Waals surface area contributed by atoms with E-state index in [9.17, 15) is 0 Å². The lowest BCUT2D eigenvalue weighted by Gasteiger charge is -2.40. The Morgan fingerprint density at radius 1 is 0.650 bits per heavy atom. The number of para-hydroxylation sites is 2. The number of benzene rings is 2.